The first kappa shape index (κ1) is 18.8. The highest BCUT2D eigenvalue weighted by molar-refractivity contribution is 7.97. The average molecular weight is 392 g/mol. The summed E-state index contributed by atoms with van der Waals surface area (Å²) in [5.41, 5.74) is 8.60. The maximum Gasteiger partial charge on any atom is 0.0480 e. The highest BCUT2D eigenvalue weighted by Gasteiger charge is 2.20. The highest BCUT2D eigenvalue weighted by Crippen LogP contribution is 2.29. The Kier molecular flexibility index (Phi) is 5.78. The highest BCUT2D eigenvalue weighted by atomic mass is 32.2. The van der Waals surface area contributed by atoms with Gasteiger partial charge in [0.05, 0.1) is 0 Å². The number of rotatable bonds is 6. The van der Waals surface area contributed by atoms with Crippen LogP contribution in [0, 0.1) is 11.3 Å². The molecule has 0 amide bonds. The molecule has 0 bridgehead atoms. The van der Waals surface area contributed by atoms with Crippen LogP contribution >= 0.6 is 11.9 Å². The Balaban J connectivity index is 1.38. The number of hydrogen-bond donors (Lipinski definition) is 2. The maximum absolute atomic E-state index is 7.48. The van der Waals surface area contributed by atoms with E-state index in [1.807, 2.05) is 30.4 Å². The monoisotopic (exact) mass is 391 g/mol. The van der Waals surface area contributed by atoms with E-state index in [4.69, 9.17) is 11.1 Å². The third kappa shape index (κ3) is 4.13. The zero-order chi connectivity index (χ0) is 19.3. The van der Waals surface area contributed by atoms with E-state index in [-0.39, 0.29) is 0 Å². The van der Waals surface area contributed by atoms with E-state index in [1.54, 1.807) is 0 Å². The van der Waals surface area contributed by atoms with Gasteiger partial charge in [-0.1, -0.05) is 6.07 Å². The fourth-order valence-electron chi connectivity index (χ4n) is 3.78. The smallest absolute Gasteiger partial charge is 0.0480 e. The third-order valence-electron chi connectivity index (χ3n) is 5.34. The molecule has 0 aliphatic carbocycles. The summed E-state index contributed by atoms with van der Waals surface area (Å²) in [5, 5.41) is 8.68. The van der Waals surface area contributed by atoms with Crippen LogP contribution in [0.15, 0.2) is 66.1 Å². The molecule has 1 fully saturated rings. The van der Waals surface area contributed by atoms with Crippen LogP contribution in [0.25, 0.3) is 16.5 Å². The number of benzene rings is 1. The number of piperidine rings is 1. The summed E-state index contributed by atoms with van der Waals surface area (Å²) < 4.78 is 4.82. The standard InChI is InChI=1S/C22H25N5S/c23-13-20(14-24)18-3-4-22-19(12-18)7-9-26(22)16-17-5-10-27(11-6-17)28-21-2-1-8-25-15-21/h1-4,7-9,12-15,17,23H,5-6,10-11,16,24H2/b20-14+,23-13?. The van der Waals surface area contributed by atoms with Gasteiger partial charge in [-0.05, 0) is 66.6 Å². The largest absolute Gasteiger partial charge is 0.404 e. The van der Waals surface area contributed by atoms with Crippen LogP contribution in [0.5, 0.6) is 0 Å². The molecular formula is C22H25N5S. The summed E-state index contributed by atoms with van der Waals surface area (Å²) in [7, 11) is 0. The summed E-state index contributed by atoms with van der Waals surface area (Å²) in [6.07, 6.45) is 11.1. The molecule has 0 unspecified atom stereocenters. The van der Waals surface area contributed by atoms with Crippen molar-refractivity contribution in [3.8, 4) is 0 Å². The Morgan fingerprint density at radius 3 is 2.82 bits per heavy atom. The summed E-state index contributed by atoms with van der Waals surface area (Å²) in [6, 6.07) is 12.6. The van der Waals surface area contributed by atoms with Gasteiger partial charge >= 0.3 is 0 Å². The molecule has 2 aromatic heterocycles. The minimum Gasteiger partial charge on any atom is -0.404 e. The van der Waals surface area contributed by atoms with Crippen molar-refractivity contribution in [1.82, 2.24) is 13.9 Å². The first-order valence-corrected chi connectivity index (χ1v) is 10.4. The van der Waals surface area contributed by atoms with Gasteiger partial charge in [0, 0.05) is 72.0 Å². The zero-order valence-corrected chi connectivity index (χ0v) is 16.6. The van der Waals surface area contributed by atoms with E-state index in [2.05, 4.69) is 50.4 Å². The number of aromatic nitrogens is 2. The van der Waals surface area contributed by atoms with Crippen molar-refractivity contribution < 1.29 is 0 Å². The van der Waals surface area contributed by atoms with Gasteiger partial charge in [-0.15, -0.1) is 0 Å². The van der Waals surface area contributed by atoms with Gasteiger partial charge in [0.2, 0.25) is 0 Å². The van der Waals surface area contributed by atoms with Gasteiger partial charge in [-0.3, -0.25) is 4.98 Å². The van der Waals surface area contributed by atoms with E-state index >= 15 is 0 Å². The number of allylic oxidation sites excluding steroid dienone is 1. The molecule has 0 radical (unpaired) electrons. The fourth-order valence-corrected chi connectivity index (χ4v) is 4.72. The number of nitrogens with zero attached hydrogens (tertiary/aromatic N) is 3. The van der Waals surface area contributed by atoms with Gasteiger partial charge in [-0.25, -0.2) is 4.31 Å². The molecule has 4 rings (SSSR count). The Hall–Kier alpha value is -2.57. The molecule has 3 heterocycles. The normalized spacial score (nSPS) is 16.5. The van der Waals surface area contributed by atoms with Crippen molar-refractivity contribution in [1.29, 1.82) is 5.41 Å². The van der Waals surface area contributed by atoms with Crippen LogP contribution in [0.4, 0.5) is 0 Å². The predicted octanol–water partition coefficient (Wildman–Crippen LogP) is 4.40. The van der Waals surface area contributed by atoms with Gasteiger partial charge in [0.1, 0.15) is 0 Å². The Morgan fingerprint density at radius 1 is 1.25 bits per heavy atom. The number of hydrogen-bond acceptors (Lipinski definition) is 5. The van der Waals surface area contributed by atoms with Crippen molar-refractivity contribution in [2.24, 2.45) is 11.7 Å². The molecule has 3 aromatic rings. The summed E-state index contributed by atoms with van der Waals surface area (Å²) in [4.78, 5) is 5.41. The molecule has 3 N–H and O–H groups in total. The van der Waals surface area contributed by atoms with Gasteiger partial charge in [0.15, 0.2) is 0 Å². The van der Waals surface area contributed by atoms with E-state index in [9.17, 15) is 0 Å². The Labute approximate surface area is 169 Å². The predicted molar refractivity (Wildman–Crippen MR) is 117 cm³/mol. The first-order chi connectivity index (χ1) is 13.8. The van der Waals surface area contributed by atoms with Crippen LogP contribution in [0.1, 0.15) is 18.4 Å². The molecule has 1 saturated heterocycles. The number of pyridine rings is 1. The number of nitrogens with one attached hydrogen (secondary N) is 1. The maximum atomic E-state index is 7.48. The summed E-state index contributed by atoms with van der Waals surface area (Å²) >= 11 is 1.82. The molecule has 0 saturated carbocycles. The summed E-state index contributed by atoms with van der Waals surface area (Å²) in [5.74, 6) is 0.696. The second-order valence-electron chi connectivity index (χ2n) is 7.16. The van der Waals surface area contributed by atoms with Crippen LogP contribution in [-0.4, -0.2) is 33.2 Å². The molecule has 1 aliphatic rings. The lowest BCUT2D eigenvalue weighted by Gasteiger charge is -2.31. The lowest BCUT2D eigenvalue weighted by molar-refractivity contribution is 0.269. The molecule has 5 nitrogen and oxygen atoms in total. The van der Waals surface area contributed by atoms with E-state index < -0.39 is 0 Å². The molecule has 1 aliphatic heterocycles. The van der Waals surface area contributed by atoms with E-state index in [1.165, 1.54) is 41.1 Å². The van der Waals surface area contributed by atoms with Gasteiger partial charge < -0.3 is 15.7 Å². The third-order valence-corrected chi connectivity index (χ3v) is 6.41. The minimum atomic E-state index is 0.696. The molecule has 0 atom stereocenters. The van der Waals surface area contributed by atoms with Crippen LogP contribution < -0.4 is 5.73 Å². The Morgan fingerprint density at radius 2 is 2.11 bits per heavy atom. The van der Waals surface area contributed by atoms with Crippen molar-refractivity contribution >= 4 is 34.6 Å². The number of fused-ring (bicyclic) bond motifs is 1. The quantitative estimate of drug-likeness (QED) is 0.482. The SMILES string of the molecule is N=C/C(=C\N)c1ccc2c(ccn2CC2CCN(Sc3cccnc3)CC2)c1. The number of nitrogens with two attached hydrogens (primary N) is 1. The van der Waals surface area contributed by atoms with Crippen LogP contribution in [-0.2, 0) is 6.54 Å². The van der Waals surface area contributed by atoms with E-state index in [0.29, 0.717) is 5.92 Å². The van der Waals surface area contributed by atoms with Crippen LogP contribution in [0.3, 0.4) is 0 Å². The first-order valence-electron chi connectivity index (χ1n) is 9.61. The molecule has 6 heteroatoms. The van der Waals surface area contributed by atoms with E-state index in [0.717, 1.165) is 30.8 Å². The lowest BCUT2D eigenvalue weighted by atomic mass is 9.98. The van der Waals surface area contributed by atoms with Gasteiger partial charge in [0.25, 0.3) is 0 Å². The Bertz CT molecular complexity index is 971. The molecular weight excluding hydrogens is 366 g/mol. The molecule has 1 aromatic carbocycles. The van der Waals surface area contributed by atoms with Crippen molar-refractivity contribution in [2.75, 3.05) is 13.1 Å². The second-order valence-corrected chi connectivity index (χ2v) is 8.33. The summed E-state index contributed by atoms with van der Waals surface area (Å²) in [6.45, 7) is 3.27. The zero-order valence-electron chi connectivity index (χ0n) is 15.8. The fraction of sp³-hybridized carbons (Fsp3) is 0.273. The van der Waals surface area contributed by atoms with Crippen molar-refractivity contribution in [2.45, 2.75) is 24.3 Å². The van der Waals surface area contributed by atoms with Crippen LogP contribution in [0.2, 0.25) is 0 Å². The van der Waals surface area contributed by atoms with Gasteiger partial charge in [-0.2, -0.15) is 0 Å². The lowest BCUT2D eigenvalue weighted by Crippen LogP contribution is -2.30. The van der Waals surface area contributed by atoms with Crippen molar-refractivity contribution in [3.05, 3.63) is 66.8 Å². The minimum absolute atomic E-state index is 0.696. The van der Waals surface area contributed by atoms with Crippen molar-refractivity contribution in [3.63, 3.8) is 0 Å². The topological polar surface area (TPSA) is 70.9 Å². The average Bonchev–Trinajstić information content (AvgIpc) is 3.13. The molecule has 144 valence electrons. The molecule has 28 heavy (non-hydrogen) atoms. The molecule has 0 spiro atoms. The second kappa shape index (κ2) is 8.63.